The summed E-state index contributed by atoms with van der Waals surface area (Å²) in [5.74, 6) is -0.674. The van der Waals surface area contributed by atoms with Gasteiger partial charge in [-0.3, -0.25) is 0 Å². The number of sulfonamides is 1. The van der Waals surface area contributed by atoms with E-state index in [0.717, 1.165) is 16.9 Å². The summed E-state index contributed by atoms with van der Waals surface area (Å²) in [5.41, 5.74) is 1.97. The van der Waals surface area contributed by atoms with E-state index in [1.807, 2.05) is 30.3 Å². The van der Waals surface area contributed by atoms with Gasteiger partial charge < -0.3 is 9.26 Å². The van der Waals surface area contributed by atoms with E-state index in [1.54, 1.807) is 13.8 Å². The van der Waals surface area contributed by atoms with Crippen molar-refractivity contribution in [2.45, 2.75) is 25.3 Å². The summed E-state index contributed by atoms with van der Waals surface area (Å²) in [6.07, 6.45) is 0. The van der Waals surface area contributed by atoms with E-state index >= 15 is 0 Å². The second-order valence-corrected chi connectivity index (χ2v) is 8.07. The van der Waals surface area contributed by atoms with E-state index in [4.69, 9.17) is 9.26 Å². The van der Waals surface area contributed by atoms with Gasteiger partial charge in [-0.2, -0.15) is 0 Å². The number of aryl methyl sites for hydroxylation is 1. The predicted octanol–water partition coefficient (Wildman–Crippen LogP) is 3.51. The Labute approximate surface area is 154 Å². The molecule has 0 fully saturated rings. The van der Waals surface area contributed by atoms with Crippen molar-refractivity contribution in [2.24, 2.45) is 0 Å². The summed E-state index contributed by atoms with van der Waals surface area (Å²) in [6, 6.07) is 10.5. The Balaban J connectivity index is 1.78. The van der Waals surface area contributed by atoms with Crippen molar-refractivity contribution in [3.05, 3.63) is 63.5 Å². The second kappa shape index (κ2) is 7.30. The van der Waals surface area contributed by atoms with Gasteiger partial charge in [0.05, 0.1) is 5.69 Å². The minimum absolute atomic E-state index is 0.00215. The van der Waals surface area contributed by atoms with Crippen LogP contribution in [-0.2, 0) is 21.4 Å². The molecular formula is C17H16N2O5S2. The molecule has 0 spiro atoms. The molecule has 2 aromatic heterocycles. The van der Waals surface area contributed by atoms with Crippen molar-refractivity contribution in [3.63, 3.8) is 0 Å². The quantitative estimate of drug-likeness (QED) is 0.645. The topological polar surface area (TPSA) is 98.5 Å². The van der Waals surface area contributed by atoms with E-state index in [1.165, 1.54) is 11.4 Å². The number of esters is 1. The van der Waals surface area contributed by atoms with Gasteiger partial charge in [0.1, 0.15) is 16.4 Å². The molecule has 136 valence electrons. The van der Waals surface area contributed by atoms with E-state index < -0.39 is 16.0 Å². The van der Waals surface area contributed by atoms with E-state index in [-0.39, 0.29) is 22.3 Å². The Bertz CT molecular complexity index is 1020. The fourth-order valence-electron chi connectivity index (χ4n) is 2.13. The number of hydrogen-bond donors (Lipinski definition) is 1. The lowest BCUT2D eigenvalue weighted by Gasteiger charge is -2.07. The Morgan fingerprint density at radius 3 is 2.62 bits per heavy atom. The zero-order chi connectivity index (χ0) is 18.7. The molecule has 0 saturated heterocycles. The first-order valence-corrected chi connectivity index (χ1v) is 9.99. The van der Waals surface area contributed by atoms with Crippen molar-refractivity contribution >= 4 is 33.2 Å². The summed E-state index contributed by atoms with van der Waals surface area (Å²) in [5, 5.41) is 5.23. The molecule has 9 heteroatoms. The van der Waals surface area contributed by atoms with Crippen molar-refractivity contribution in [1.82, 2.24) is 5.16 Å². The molecule has 0 saturated carbocycles. The lowest BCUT2D eigenvalue weighted by molar-refractivity contribution is 0.0474. The van der Waals surface area contributed by atoms with Crippen molar-refractivity contribution in [1.29, 1.82) is 0 Å². The lowest BCUT2D eigenvalue weighted by atomic mass is 10.2. The number of thiophene rings is 1. The molecule has 1 aromatic carbocycles. The number of anilines is 1. The van der Waals surface area contributed by atoms with Crippen molar-refractivity contribution in [3.8, 4) is 0 Å². The normalized spacial score (nSPS) is 11.3. The number of carbonyl (C=O) groups excluding carboxylic acids is 1. The number of hydrogen-bond acceptors (Lipinski definition) is 7. The molecule has 0 bridgehead atoms. The molecule has 0 amide bonds. The monoisotopic (exact) mass is 392 g/mol. The van der Waals surface area contributed by atoms with Crippen LogP contribution in [0.25, 0.3) is 0 Å². The highest BCUT2D eigenvalue weighted by molar-refractivity contribution is 7.93. The first-order valence-electron chi connectivity index (χ1n) is 7.62. The number of rotatable bonds is 6. The van der Waals surface area contributed by atoms with Crippen LogP contribution in [0.3, 0.4) is 0 Å². The fourth-order valence-corrected chi connectivity index (χ4v) is 4.49. The third kappa shape index (κ3) is 3.78. The maximum absolute atomic E-state index is 12.6. The summed E-state index contributed by atoms with van der Waals surface area (Å²) >= 11 is 1.000. The highest BCUT2D eigenvalue weighted by Gasteiger charge is 2.27. The largest absolute Gasteiger partial charge is 0.457 e. The molecule has 0 unspecified atom stereocenters. The molecule has 0 aliphatic heterocycles. The first-order chi connectivity index (χ1) is 12.4. The molecule has 2 heterocycles. The smallest absolute Gasteiger partial charge is 0.350 e. The molecule has 0 radical (unpaired) electrons. The Morgan fingerprint density at radius 1 is 1.23 bits per heavy atom. The summed E-state index contributed by atoms with van der Waals surface area (Å²) in [7, 11) is -4.01. The molecule has 0 aliphatic rings. The molecule has 0 atom stereocenters. The van der Waals surface area contributed by atoms with Gasteiger partial charge in [0.25, 0.3) is 10.0 Å². The van der Waals surface area contributed by atoms with E-state index in [2.05, 4.69) is 9.88 Å². The zero-order valence-electron chi connectivity index (χ0n) is 14.1. The van der Waals surface area contributed by atoms with Gasteiger partial charge in [-0.15, -0.1) is 11.3 Å². The van der Waals surface area contributed by atoms with Crippen LogP contribution in [0.2, 0.25) is 0 Å². The van der Waals surface area contributed by atoms with Gasteiger partial charge >= 0.3 is 5.97 Å². The van der Waals surface area contributed by atoms with Crippen molar-refractivity contribution < 1.29 is 22.5 Å². The third-order valence-corrected chi connectivity index (χ3v) is 6.10. The van der Waals surface area contributed by atoms with Crippen LogP contribution in [0.15, 0.2) is 51.2 Å². The van der Waals surface area contributed by atoms with Gasteiger partial charge in [-0.1, -0.05) is 35.5 Å². The van der Waals surface area contributed by atoms with Crippen molar-refractivity contribution in [2.75, 3.05) is 4.72 Å². The average molecular weight is 392 g/mol. The number of ether oxygens (including phenoxy) is 1. The number of aromatic nitrogens is 1. The maximum Gasteiger partial charge on any atom is 0.350 e. The molecule has 1 N–H and O–H groups in total. The minimum atomic E-state index is -4.01. The van der Waals surface area contributed by atoms with Gasteiger partial charge in [0, 0.05) is 5.56 Å². The third-order valence-electron chi connectivity index (χ3n) is 3.70. The number of nitrogens with one attached hydrogen (secondary N) is 1. The highest BCUT2D eigenvalue weighted by atomic mass is 32.2. The van der Waals surface area contributed by atoms with Crippen LogP contribution < -0.4 is 4.72 Å². The minimum Gasteiger partial charge on any atom is -0.457 e. The van der Waals surface area contributed by atoms with Crippen LogP contribution in [0, 0.1) is 13.8 Å². The average Bonchev–Trinajstić information content (AvgIpc) is 3.24. The van der Waals surface area contributed by atoms with Crippen LogP contribution in [0.1, 0.15) is 26.5 Å². The Hall–Kier alpha value is -2.65. The van der Waals surface area contributed by atoms with Gasteiger partial charge in [0.2, 0.25) is 5.88 Å². The van der Waals surface area contributed by atoms with E-state index in [9.17, 15) is 13.2 Å². The molecule has 7 nitrogen and oxygen atoms in total. The zero-order valence-corrected chi connectivity index (χ0v) is 15.7. The van der Waals surface area contributed by atoms with Gasteiger partial charge in [-0.25, -0.2) is 17.9 Å². The predicted molar refractivity (Wildman–Crippen MR) is 96.7 cm³/mol. The molecule has 26 heavy (non-hydrogen) atoms. The molecular weight excluding hydrogens is 376 g/mol. The molecule has 3 rings (SSSR count). The summed E-state index contributed by atoms with van der Waals surface area (Å²) < 4.78 is 37.8. The van der Waals surface area contributed by atoms with Crippen LogP contribution >= 0.6 is 11.3 Å². The SMILES string of the molecule is Cc1noc(NS(=O)(=O)c2ccsc2C(=O)OCc2ccccc2)c1C. The van der Waals surface area contributed by atoms with Crippen LogP contribution in [-0.4, -0.2) is 19.5 Å². The number of benzene rings is 1. The Kier molecular flexibility index (Phi) is 5.10. The standard InChI is InChI=1S/C17H16N2O5S2/c1-11-12(2)18-24-16(11)19-26(21,22)14-8-9-25-15(14)17(20)23-10-13-6-4-3-5-7-13/h3-9,19H,10H2,1-2H3. The van der Waals surface area contributed by atoms with Gasteiger partial charge in [-0.05, 0) is 30.9 Å². The van der Waals surface area contributed by atoms with Gasteiger partial charge in [0.15, 0.2) is 0 Å². The molecule has 3 aromatic rings. The maximum atomic E-state index is 12.6. The Morgan fingerprint density at radius 2 is 1.96 bits per heavy atom. The lowest BCUT2D eigenvalue weighted by Crippen LogP contribution is -2.16. The van der Waals surface area contributed by atoms with Crippen LogP contribution in [0.4, 0.5) is 5.88 Å². The van der Waals surface area contributed by atoms with E-state index in [0.29, 0.717) is 11.3 Å². The highest BCUT2D eigenvalue weighted by Crippen LogP contribution is 2.27. The number of carbonyl (C=O) groups is 1. The summed E-state index contributed by atoms with van der Waals surface area (Å²) in [4.78, 5) is 12.2. The molecule has 0 aliphatic carbocycles. The number of nitrogens with zero attached hydrogens (tertiary/aromatic N) is 1. The fraction of sp³-hybridized carbons (Fsp3) is 0.176. The van der Waals surface area contributed by atoms with Crippen LogP contribution in [0.5, 0.6) is 0 Å². The second-order valence-electron chi connectivity index (χ2n) is 5.50. The summed E-state index contributed by atoms with van der Waals surface area (Å²) in [6.45, 7) is 3.45. The first kappa shape index (κ1) is 18.2.